The predicted octanol–water partition coefficient (Wildman–Crippen LogP) is 3.02. The number of benzene rings is 1. The zero-order chi connectivity index (χ0) is 10.6. The molecule has 0 fully saturated rings. The van der Waals surface area contributed by atoms with Crippen molar-refractivity contribution in [3.8, 4) is 0 Å². The summed E-state index contributed by atoms with van der Waals surface area (Å²) in [7, 11) is 0. The standard InChI is InChI=1S/C10H11ClF2O/c11-5-1-2-10(14)8-4-3-7(12)6-9(8)13/h3-4,6,10,14H,1-2,5H2. The fourth-order valence-corrected chi connectivity index (χ4v) is 1.35. The maximum absolute atomic E-state index is 13.1. The Morgan fingerprint density at radius 3 is 2.64 bits per heavy atom. The Morgan fingerprint density at radius 1 is 1.36 bits per heavy atom. The molecule has 1 unspecified atom stereocenters. The molecule has 0 spiro atoms. The molecule has 0 aromatic heterocycles. The summed E-state index contributed by atoms with van der Waals surface area (Å²) in [4.78, 5) is 0. The summed E-state index contributed by atoms with van der Waals surface area (Å²) in [6.07, 6.45) is 0.0698. The Morgan fingerprint density at radius 2 is 2.07 bits per heavy atom. The van der Waals surface area contributed by atoms with Gasteiger partial charge in [0.1, 0.15) is 11.6 Å². The van der Waals surface area contributed by atoms with E-state index in [1.54, 1.807) is 0 Å². The van der Waals surface area contributed by atoms with Crippen molar-refractivity contribution in [2.24, 2.45) is 0 Å². The van der Waals surface area contributed by atoms with Crippen LogP contribution in [-0.2, 0) is 0 Å². The first-order chi connectivity index (χ1) is 6.65. The van der Waals surface area contributed by atoms with Crippen LogP contribution in [0.5, 0.6) is 0 Å². The number of hydrogen-bond donors (Lipinski definition) is 1. The molecule has 1 rings (SSSR count). The van der Waals surface area contributed by atoms with Crippen molar-refractivity contribution in [2.75, 3.05) is 5.88 Å². The maximum Gasteiger partial charge on any atom is 0.131 e. The molecular weight excluding hydrogens is 210 g/mol. The highest BCUT2D eigenvalue weighted by molar-refractivity contribution is 6.17. The van der Waals surface area contributed by atoms with E-state index in [0.29, 0.717) is 18.7 Å². The largest absolute Gasteiger partial charge is 0.388 e. The second-order valence-electron chi connectivity index (χ2n) is 3.01. The van der Waals surface area contributed by atoms with E-state index < -0.39 is 17.7 Å². The highest BCUT2D eigenvalue weighted by atomic mass is 35.5. The molecule has 1 atom stereocenters. The summed E-state index contributed by atoms with van der Waals surface area (Å²) < 4.78 is 25.6. The predicted molar refractivity (Wildman–Crippen MR) is 51.3 cm³/mol. The van der Waals surface area contributed by atoms with Crippen molar-refractivity contribution in [2.45, 2.75) is 18.9 Å². The minimum absolute atomic E-state index is 0.122. The van der Waals surface area contributed by atoms with Crippen molar-refractivity contribution < 1.29 is 13.9 Å². The molecule has 1 aromatic carbocycles. The van der Waals surface area contributed by atoms with E-state index in [1.165, 1.54) is 6.07 Å². The molecular formula is C10H11ClF2O. The number of aliphatic hydroxyl groups is 1. The van der Waals surface area contributed by atoms with Gasteiger partial charge >= 0.3 is 0 Å². The van der Waals surface area contributed by atoms with Gasteiger partial charge in [0.05, 0.1) is 6.10 Å². The van der Waals surface area contributed by atoms with Crippen LogP contribution in [0.15, 0.2) is 18.2 Å². The second kappa shape index (κ2) is 5.27. The Balaban J connectivity index is 2.74. The van der Waals surface area contributed by atoms with E-state index in [4.69, 9.17) is 11.6 Å². The molecule has 0 amide bonds. The van der Waals surface area contributed by atoms with Gasteiger partial charge in [0, 0.05) is 17.5 Å². The molecule has 0 aliphatic heterocycles. The van der Waals surface area contributed by atoms with E-state index in [9.17, 15) is 13.9 Å². The Hall–Kier alpha value is -0.670. The van der Waals surface area contributed by atoms with Crippen LogP contribution in [0.3, 0.4) is 0 Å². The first-order valence-electron chi connectivity index (χ1n) is 4.34. The van der Waals surface area contributed by atoms with Crippen molar-refractivity contribution in [3.05, 3.63) is 35.4 Å². The number of alkyl halides is 1. The Labute approximate surface area is 86.3 Å². The van der Waals surface area contributed by atoms with Crippen molar-refractivity contribution in [1.29, 1.82) is 0 Å². The van der Waals surface area contributed by atoms with Crippen LogP contribution in [-0.4, -0.2) is 11.0 Å². The fourth-order valence-electron chi connectivity index (χ4n) is 1.20. The summed E-state index contributed by atoms with van der Waals surface area (Å²) in [5.74, 6) is -0.942. The van der Waals surface area contributed by atoms with E-state index in [1.807, 2.05) is 0 Å². The molecule has 14 heavy (non-hydrogen) atoms. The third-order valence-electron chi connectivity index (χ3n) is 1.93. The average Bonchev–Trinajstić information content (AvgIpc) is 2.14. The lowest BCUT2D eigenvalue weighted by molar-refractivity contribution is 0.162. The SMILES string of the molecule is OC(CCCCl)c1ccc(F)cc1F. The molecule has 78 valence electrons. The molecule has 1 N–H and O–H groups in total. The zero-order valence-corrected chi connectivity index (χ0v) is 8.27. The van der Waals surface area contributed by atoms with Crippen molar-refractivity contribution >= 4 is 11.6 Å². The van der Waals surface area contributed by atoms with Crippen molar-refractivity contribution in [1.82, 2.24) is 0 Å². The maximum atomic E-state index is 13.1. The second-order valence-corrected chi connectivity index (χ2v) is 3.39. The first kappa shape index (κ1) is 11.4. The highest BCUT2D eigenvalue weighted by Gasteiger charge is 2.12. The lowest BCUT2D eigenvalue weighted by Gasteiger charge is -2.10. The van der Waals surface area contributed by atoms with Gasteiger partial charge in [-0.15, -0.1) is 11.6 Å². The third-order valence-corrected chi connectivity index (χ3v) is 2.20. The number of hydrogen-bond acceptors (Lipinski definition) is 1. The van der Waals surface area contributed by atoms with Crippen LogP contribution < -0.4 is 0 Å². The van der Waals surface area contributed by atoms with E-state index in [-0.39, 0.29) is 5.56 Å². The third kappa shape index (κ3) is 2.93. The summed E-state index contributed by atoms with van der Waals surface area (Å²) in [5.41, 5.74) is 0.122. The van der Waals surface area contributed by atoms with Gasteiger partial charge in [-0.3, -0.25) is 0 Å². The Kier molecular flexibility index (Phi) is 4.29. The molecule has 0 radical (unpaired) electrons. The van der Waals surface area contributed by atoms with Crippen LogP contribution in [0.1, 0.15) is 24.5 Å². The average molecular weight is 221 g/mol. The Bertz CT molecular complexity index is 304. The van der Waals surface area contributed by atoms with Gasteiger partial charge in [-0.2, -0.15) is 0 Å². The van der Waals surface area contributed by atoms with E-state index in [0.717, 1.165) is 12.1 Å². The monoisotopic (exact) mass is 220 g/mol. The minimum Gasteiger partial charge on any atom is -0.388 e. The summed E-state index contributed by atoms with van der Waals surface area (Å²) in [6.45, 7) is 0. The quantitative estimate of drug-likeness (QED) is 0.774. The molecule has 0 bridgehead atoms. The molecule has 0 saturated carbocycles. The van der Waals surface area contributed by atoms with Gasteiger partial charge in [-0.05, 0) is 18.9 Å². The van der Waals surface area contributed by atoms with Gasteiger partial charge in [0.15, 0.2) is 0 Å². The van der Waals surface area contributed by atoms with Gasteiger partial charge in [0.2, 0.25) is 0 Å². The van der Waals surface area contributed by atoms with Gasteiger partial charge < -0.3 is 5.11 Å². The molecule has 0 aliphatic rings. The number of halogens is 3. The molecule has 0 saturated heterocycles. The smallest absolute Gasteiger partial charge is 0.131 e. The van der Waals surface area contributed by atoms with Gasteiger partial charge in [-0.1, -0.05) is 6.07 Å². The van der Waals surface area contributed by atoms with Gasteiger partial charge in [0.25, 0.3) is 0 Å². The summed E-state index contributed by atoms with van der Waals surface area (Å²) in [6, 6.07) is 3.14. The van der Waals surface area contributed by atoms with Crippen LogP contribution in [0, 0.1) is 11.6 Å². The fraction of sp³-hybridized carbons (Fsp3) is 0.400. The summed E-state index contributed by atoms with van der Waals surface area (Å²) >= 11 is 5.43. The lowest BCUT2D eigenvalue weighted by atomic mass is 10.0. The molecule has 0 heterocycles. The highest BCUT2D eigenvalue weighted by Crippen LogP contribution is 2.22. The van der Waals surface area contributed by atoms with Crippen LogP contribution >= 0.6 is 11.6 Å². The molecule has 1 nitrogen and oxygen atoms in total. The molecule has 4 heteroatoms. The zero-order valence-electron chi connectivity index (χ0n) is 7.51. The van der Waals surface area contributed by atoms with Gasteiger partial charge in [-0.25, -0.2) is 8.78 Å². The van der Waals surface area contributed by atoms with Crippen LogP contribution in [0.2, 0.25) is 0 Å². The molecule has 1 aromatic rings. The van der Waals surface area contributed by atoms with Crippen molar-refractivity contribution in [3.63, 3.8) is 0 Å². The first-order valence-corrected chi connectivity index (χ1v) is 4.87. The lowest BCUT2D eigenvalue weighted by Crippen LogP contribution is -2.01. The molecule has 0 aliphatic carbocycles. The normalized spacial score (nSPS) is 12.9. The summed E-state index contributed by atoms with van der Waals surface area (Å²) in [5, 5.41) is 9.50. The van der Waals surface area contributed by atoms with Crippen LogP contribution in [0.25, 0.3) is 0 Å². The van der Waals surface area contributed by atoms with E-state index in [2.05, 4.69) is 0 Å². The van der Waals surface area contributed by atoms with E-state index >= 15 is 0 Å². The van der Waals surface area contributed by atoms with Crippen LogP contribution in [0.4, 0.5) is 8.78 Å². The topological polar surface area (TPSA) is 20.2 Å². The number of rotatable bonds is 4. The minimum atomic E-state index is -0.908. The number of aliphatic hydroxyl groups excluding tert-OH is 1.